The summed E-state index contributed by atoms with van der Waals surface area (Å²) in [5.74, 6) is -2.02. The number of rotatable bonds is 7. The highest BCUT2D eigenvalue weighted by Gasteiger charge is 2.41. The Hall–Kier alpha value is -3.53. The average molecular weight is 613 g/mol. The van der Waals surface area contributed by atoms with Crippen molar-refractivity contribution in [3.8, 4) is 28.3 Å². The molecule has 1 amide bonds. The molecule has 1 fully saturated rings. The maximum atomic E-state index is 14.7. The van der Waals surface area contributed by atoms with Gasteiger partial charge in [0.15, 0.2) is 11.6 Å². The number of amides is 1. The Morgan fingerprint density at radius 2 is 1.85 bits per heavy atom. The highest BCUT2D eigenvalue weighted by molar-refractivity contribution is 9.10. The second-order valence-corrected chi connectivity index (χ2v) is 11.7. The number of aromatic nitrogens is 4. The molecule has 1 aliphatic heterocycles. The minimum atomic E-state index is -1.06. The van der Waals surface area contributed by atoms with Crippen molar-refractivity contribution >= 4 is 21.8 Å². The van der Waals surface area contributed by atoms with E-state index in [0.717, 1.165) is 28.6 Å². The summed E-state index contributed by atoms with van der Waals surface area (Å²) in [6.07, 6.45) is 3.40. The molecule has 10 heteroatoms. The standard InChI is InChI=1S/C30H32BrF2N5O2/c1-19(2)30(18-38-16-23(34-35-38)22-10-13-26(40-4)28(33)27(22)32)14-5-15-37(17-30)29(39)25-12-11-24(36(25)3)20-6-8-21(31)9-7-20/h6-13,16,19H,5,14-15,17-18H2,1-4H3. The van der Waals surface area contributed by atoms with Crippen molar-refractivity contribution < 1.29 is 18.3 Å². The Morgan fingerprint density at radius 3 is 2.55 bits per heavy atom. The molecule has 1 atom stereocenters. The zero-order valence-corrected chi connectivity index (χ0v) is 24.6. The predicted molar refractivity (Wildman–Crippen MR) is 153 cm³/mol. The smallest absolute Gasteiger partial charge is 0.270 e. The Balaban J connectivity index is 1.37. The van der Waals surface area contributed by atoms with Gasteiger partial charge in [0.2, 0.25) is 5.82 Å². The lowest BCUT2D eigenvalue weighted by molar-refractivity contribution is 0.0233. The number of carbonyl (C=O) groups is 1. The van der Waals surface area contributed by atoms with Gasteiger partial charge in [-0.05, 0) is 60.7 Å². The monoisotopic (exact) mass is 611 g/mol. The summed E-state index contributed by atoms with van der Waals surface area (Å²) in [5, 5.41) is 8.38. The fourth-order valence-electron chi connectivity index (χ4n) is 5.62. The fraction of sp³-hybridized carbons (Fsp3) is 0.367. The van der Waals surface area contributed by atoms with Crippen molar-refractivity contribution in [2.75, 3.05) is 20.2 Å². The largest absolute Gasteiger partial charge is 0.494 e. The van der Waals surface area contributed by atoms with E-state index in [4.69, 9.17) is 4.74 Å². The van der Waals surface area contributed by atoms with Crippen molar-refractivity contribution in [3.63, 3.8) is 0 Å². The third-order valence-corrected chi connectivity index (χ3v) is 8.69. The molecule has 4 aromatic rings. The number of nitrogens with zero attached hydrogens (tertiary/aromatic N) is 5. The number of methoxy groups -OCH3 is 1. The molecule has 1 unspecified atom stereocenters. The van der Waals surface area contributed by atoms with E-state index in [1.165, 1.54) is 19.2 Å². The van der Waals surface area contributed by atoms with Crippen LogP contribution in [0.2, 0.25) is 0 Å². The van der Waals surface area contributed by atoms with Gasteiger partial charge in [-0.15, -0.1) is 5.10 Å². The van der Waals surface area contributed by atoms with Gasteiger partial charge in [0, 0.05) is 41.3 Å². The van der Waals surface area contributed by atoms with Gasteiger partial charge in [-0.25, -0.2) is 4.39 Å². The van der Waals surface area contributed by atoms with Crippen LogP contribution in [0.15, 0.2) is 59.2 Å². The number of hydrogen-bond acceptors (Lipinski definition) is 4. The Morgan fingerprint density at radius 1 is 1.10 bits per heavy atom. The lowest BCUT2D eigenvalue weighted by atomic mass is 9.71. The van der Waals surface area contributed by atoms with E-state index in [2.05, 4.69) is 40.1 Å². The Kier molecular flexibility index (Phi) is 7.81. The van der Waals surface area contributed by atoms with Gasteiger partial charge >= 0.3 is 0 Å². The lowest BCUT2D eigenvalue weighted by Gasteiger charge is -2.45. The van der Waals surface area contributed by atoms with E-state index in [1.54, 1.807) is 10.9 Å². The molecule has 2 aromatic carbocycles. The highest BCUT2D eigenvalue weighted by Crippen LogP contribution is 2.40. The van der Waals surface area contributed by atoms with Crippen LogP contribution in [0.25, 0.3) is 22.5 Å². The van der Waals surface area contributed by atoms with Crippen molar-refractivity contribution in [2.45, 2.75) is 33.2 Å². The summed E-state index contributed by atoms with van der Waals surface area (Å²) < 4.78 is 38.5. The summed E-state index contributed by atoms with van der Waals surface area (Å²) in [6.45, 7) is 6.03. The molecule has 0 radical (unpaired) electrons. The second kappa shape index (κ2) is 11.2. The minimum absolute atomic E-state index is 0.00866. The van der Waals surface area contributed by atoms with Crippen molar-refractivity contribution in [3.05, 3.63) is 76.5 Å². The first kappa shape index (κ1) is 28.0. The maximum Gasteiger partial charge on any atom is 0.270 e. The van der Waals surface area contributed by atoms with Crippen LogP contribution in [0.1, 0.15) is 37.2 Å². The van der Waals surface area contributed by atoms with Crippen molar-refractivity contribution in [1.29, 1.82) is 0 Å². The first-order valence-corrected chi connectivity index (χ1v) is 14.1. The van der Waals surface area contributed by atoms with E-state index in [1.807, 2.05) is 52.9 Å². The fourth-order valence-corrected chi connectivity index (χ4v) is 5.89. The van der Waals surface area contributed by atoms with E-state index < -0.39 is 11.6 Å². The molecule has 1 saturated heterocycles. The number of halogens is 3. The molecule has 5 rings (SSSR count). The lowest BCUT2D eigenvalue weighted by Crippen LogP contribution is -2.50. The van der Waals surface area contributed by atoms with Gasteiger partial charge in [-0.1, -0.05) is 47.1 Å². The Labute approximate surface area is 240 Å². The van der Waals surface area contributed by atoms with Crippen molar-refractivity contribution in [2.24, 2.45) is 18.4 Å². The van der Waals surface area contributed by atoms with Crippen LogP contribution in [0, 0.1) is 23.0 Å². The average Bonchev–Trinajstić information content (AvgIpc) is 3.56. The van der Waals surface area contributed by atoms with E-state index >= 15 is 0 Å². The van der Waals surface area contributed by atoms with E-state index in [9.17, 15) is 13.6 Å². The molecular weight excluding hydrogens is 580 g/mol. The van der Waals surface area contributed by atoms with Gasteiger partial charge in [0.05, 0.1) is 19.9 Å². The zero-order chi connectivity index (χ0) is 28.6. The van der Waals surface area contributed by atoms with Gasteiger partial charge < -0.3 is 14.2 Å². The van der Waals surface area contributed by atoms with Gasteiger partial charge in [-0.2, -0.15) is 4.39 Å². The Bertz CT molecular complexity index is 1530. The van der Waals surface area contributed by atoms with Gasteiger partial charge in [-0.3, -0.25) is 9.48 Å². The molecule has 1 aliphatic rings. The number of ether oxygens (including phenoxy) is 1. The zero-order valence-electron chi connectivity index (χ0n) is 23.0. The summed E-state index contributed by atoms with van der Waals surface area (Å²) in [4.78, 5) is 15.7. The molecule has 210 valence electrons. The maximum absolute atomic E-state index is 14.7. The third kappa shape index (κ3) is 5.16. The van der Waals surface area contributed by atoms with Crippen LogP contribution in [0.4, 0.5) is 8.78 Å². The SMILES string of the molecule is COc1ccc(-c2cn(CC3(C(C)C)CCCN(C(=O)c4ccc(-c5ccc(Br)cc5)n4C)C3)nn2)c(F)c1F. The van der Waals surface area contributed by atoms with Gasteiger partial charge in [0.25, 0.3) is 5.91 Å². The van der Waals surface area contributed by atoms with Crippen LogP contribution in [0.3, 0.4) is 0 Å². The number of likely N-dealkylation sites (tertiary alicyclic amines) is 1. The van der Waals surface area contributed by atoms with Crippen LogP contribution >= 0.6 is 15.9 Å². The normalized spacial score (nSPS) is 17.4. The molecule has 0 saturated carbocycles. The number of piperidine rings is 1. The van der Waals surface area contributed by atoms with Crippen LogP contribution < -0.4 is 4.74 Å². The van der Waals surface area contributed by atoms with E-state index in [-0.39, 0.29) is 34.2 Å². The molecule has 0 bridgehead atoms. The molecular formula is C30H32BrF2N5O2. The summed E-state index contributed by atoms with van der Waals surface area (Å²) in [6, 6.07) is 14.7. The third-order valence-electron chi connectivity index (χ3n) is 8.16. The quantitative estimate of drug-likeness (QED) is 0.237. The number of hydrogen-bond donors (Lipinski definition) is 0. The number of benzene rings is 2. The topological polar surface area (TPSA) is 65.2 Å². The van der Waals surface area contributed by atoms with Crippen molar-refractivity contribution in [1.82, 2.24) is 24.5 Å². The molecule has 0 spiro atoms. The van der Waals surface area contributed by atoms with Crippen LogP contribution in [0.5, 0.6) is 5.75 Å². The van der Waals surface area contributed by atoms with E-state index in [0.29, 0.717) is 25.3 Å². The first-order chi connectivity index (χ1) is 19.1. The van der Waals surface area contributed by atoms with Gasteiger partial charge in [0.1, 0.15) is 11.4 Å². The molecule has 2 aromatic heterocycles. The highest BCUT2D eigenvalue weighted by atomic mass is 79.9. The first-order valence-electron chi connectivity index (χ1n) is 13.3. The minimum Gasteiger partial charge on any atom is -0.494 e. The molecule has 0 aliphatic carbocycles. The van der Waals surface area contributed by atoms with Crippen LogP contribution in [-0.2, 0) is 13.6 Å². The molecule has 0 N–H and O–H groups in total. The van der Waals surface area contributed by atoms with Crippen LogP contribution in [-0.4, -0.2) is 50.6 Å². The predicted octanol–water partition coefficient (Wildman–Crippen LogP) is 6.58. The summed E-state index contributed by atoms with van der Waals surface area (Å²) in [5.41, 5.74) is 2.65. The summed E-state index contributed by atoms with van der Waals surface area (Å²) in [7, 11) is 3.21. The molecule has 7 nitrogen and oxygen atoms in total. The molecule has 3 heterocycles. The number of carbonyl (C=O) groups excluding carboxylic acids is 1. The second-order valence-electron chi connectivity index (χ2n) is 10.8. The molecule has 40 heavy (non-hydrogen) atoms. The summed E-state index contributed by atoms with van der Waals surface area (Å²) >= 11 is 3.47.